The number of carboxylic acids is 1. The number of carboxylic acid groups (broad SMARTS) is 1. The number of methoxy groups -OCH3 is 1. The number of hydrogen-bond acceptors (Lipinski definition) is 6. The largest absolute Gasteiger partial charge is 0.497 e. The fourth-order valence-corrected chi connectivity index (χ4v) is 6.30. The van der Waals surface area contributed by atoms with Crippen LogP contribution in [0.5, 0.6) is 5.75 Å². The number of ether oxygens (including phenoxy) is 1. The highest BCUT2D eigenvalue weighted by atomic mass is 32.2. The van der Waals surface area contributed by atoms with Crippen LogP contribution in [0.15, 0.2) is 24.3 Å². The van der Waals surface area contributed by atoms with Crippen LogP contribution in [0.25, 0.3) is 0 Å². The molecular weight excluding hydrogens is 491 g/mol. The van der Waals surface area contributed by atoms with Gasteiger partial charge in [-0.1, -0.05) is 19.9 Å². The molecule has 2 saturated heterocycles. The number of rotatable bonds is 4. The highest BCUT2D eigenvalue weighted by molar-refractivity contribution is 7.92. The number of benzene rings is 1. The van der Waals surface area contributed by atoms with Crippen molar-refractivity contribution in [3.8, 4) is 5.75 Å². The van der Waals surface area contributed by atoms with Gasteiger partial charge in [0, 0.05) is 44.0 Å². The van der Waals surface area contributed by atoms with E-state index in [1.165, 1.54) is 0 Å². The minimum absolute atomic E-state index is 0.00392. The number of halogens is 3. The topological polar surface area (TPSA) is 116 Å². The summed E-state index contributed by atoms with van der Waals surface area (Å²) in [5, 5.41) is 9.65. The van der Waals surface area contributed by atoms with Gasteiger partial charge < -0.3 is 20.1 Å². The second-order valence-electron chi connectivity index (χ2n) is 8.89. The molecule has 2 aliphatic heterocycles. The Labute approximate surface area is 203 Å². The van der Waals surface area contributed by atoms with Gasteiger partial charge in [0.05, 0.1) is 18.1 Å². The van der Waals surface area contributed by atoms with Gasteiger partial charge in [0.2, 0.25) is 0 Å². The number of nitrogens with one attached hydrogen (secondary N) is 1. The number of urea groups is 1. The summed E-state index contributed by atoms with van der Waals surface area (Å²) in [5.74, 6) is -1.38. The van der Waals surface area contributed by atoms with E-state index in [0.717, 1.165) is 6.54 Å². The Morgan fingerprint density at radius 1 is 1.20 bits per heavy atom. The summed E-state index contributed by atoms with van der Waals surface area (Å²) in [7, 11) is -1.53. The number of amides is 2. The molecular formula is C22H32F3N3O6S. The van der Waals surface area contributed by atoms with E-state index in [2.05, 4.69) is 24.1 Å². The summed E-state index contributed by atoms with van der Waals surface area (Å²) in [4.78, 5) is 25.7. The van der Waals surface area contributed by atoms with Crippen molar-refractivity contribution in [2.45, 2.75) is 44.2 Å². The van der Waals surface area contributed by atoms with Gasteiger partial charge in [0.15, 0.2) is 9.84 Å². The number of fused-ring (bicyclic) bond motifs is 1. The lowest BCUT2D eigenvalue weighted by atomic mass is 10.0. The van der Waals surface area contributed by atoms with Crippen LogP contribution in [0.4, 0.5) is 23.7 Å². The second kappa shape index (κ2) is 11.9. The molecule has 2 aliphatic rings. The Bertz CT molecular complexity index is 987. The molecule has 35 heavy (non-hydrogen) atoms. The van der Waals surface area contributed by atoms with Crippen LogP contribution in [-0.2, 0) is 14.6 Å². The van der Waals surface area contributed by atoms with E-state index in [0.29, 0.717) is 49.8 Å². The van der Waals surface area contributed by atoms with Crippen molar-refractivity contribution in [2.75, 3.05) is 44.4 Å². The lowest BCUT2D eigenvalue weighted by molar-refractivity contribution is -0.192. The van der Waals surface area contributed by atoms with Crippen molar-refractivity contribution < 1.29 is 41.0 Å². The summed E-state index contributed by atoms with van der Waals surface area (Å²) < 4.78 is 62.3. The maximum Gasteiger partial charge on any atom is 0.490 e. The van der Waals surface area contributed by atoms with Crippen LogP contribution in [0.2, 0.25) is 0 Å². The van der Waals surface area contributed by atoms with Gasteiger partial charge in [-0.2, -0.15) is 13.2 Å². The third-order valence-electron chi connectivity index (χ3n) is 5.85. The number of nitrogens with zero attached hydrogens (tertiary/aromatic N) is 2. The number of aliphatic carboxylic acids is 1. The molecule has 0 unspecified atom stereocenters. The molecule has 2 heterocycles. The zero-order valence-corrected chi connectivity index (χ0v) is 20.7. The molecule has 2 N–H and O–H groups in total. The van der Waals surface area contributed by atoms with Crippen molar-refractivity contribution in [3.05, 3.63) is 24.3 Å². The van der Waals surface area contributed by atoms with Crippen LogP contribution in [0.1, 0.15) is 26.7 Å². The first kappa shape index (κ1) is 28.7. The molecule has 0 saturated carbocycles. The van der Waals surface area contributed by atoms with Crippen molar-refractivity contribution in [2.24, 2.45) is 5.92 Å². The molecule has 13 heteroatoms. The molecule has 0 aliphatic carbocycles. The minimum Gasteiger partial charge on any atom is -0.497 e. The molecule has 0 bridgehead atoms. The van der Waals surface area contributed by atoms with Gasteiger partial charge in [-0.25, -0.2) is 18.0 Å². The summed E-state index contributed by atoms with van der Waals surface area (Å²) in [5.41, 5.74) is 0.667. The summed E-state index contributed by atoms with van der Waals surface area (Å²) in [6, 6.07) is 7.02. The number of likely N-dealkylation sites (tertiary alicyclic amines) is 1. The lowest BCUT2D eigenvalue weighted by Gasteiger charge is -2.40. The first-order valence-electron chi connectivity index (χ1n) is 11.2. The number of anilines is 1. The molecule has 2 atom stereocenters. The highest BCUT2D eigenvalue weighted by Gasteiger charge is 2.43. The zero-order valence-electron chi connectivity index (χ0n) is 19.9. The Balaban J connectivity index is 0.000000540. The van der Waals surface area contributed by atoms with Gasteiger partial charge in [-0.15, -0.1) is 0 Å². The zero-order chi connectivity index (χ0) is 26.4. The monoisotopic (exact) mass is 523 g/mol. The van der Waals surface area contributed by atoms with Crippen molar-refractivity contribution in [3.63, 3.8) is 0 Å². The number of carbonyl (C=O) groups is 2. The first-order valence-corrected chi connectivity index (χ1v) is 12.9. The van der Waals surface area contributed by atoms with E-state index >= 15 is 0 Å². The maximum atomic E-state index is 12.8. The summed E-state index contributed by atoms with van der Waals surface area (Å²) in [6.45, 7) is 6.81. The number of carbonyl (C=O) groups excluding carboxylic acids is 1. The maximum absolute atomic E-state index is 12.8. The fraction of sp³-hybridized carbons (Fsp3) is 0.636. The molecule has 3 rings (SSSR count). The predicted octanol–water partition coefficient (Wildman–Crippen LogP) is 3.08. The van der Waals surface area contributed by atoms with Gasteiger partial charge in [-0.3, -0.25) is 4.90 Å². The Morgan fingerprint density at radius 2 is 1.83 bits per heavy atom. The van der Waals surface area contributed by atoms with Crippen molar-refractivity contribution in [1.82, 2.24) is 9.80 Å². The van der Waals surface area contributed by atoms with Crippen molar-refractivity contribution >= 4 is 27.5 Å². The van der Waals surface area contributed by atoms with Crippen LogP contribution in [0.3, 0.4) is 0 Å². The van der Waals surface area contributed by atoms with Gasteiger partial charge in [0.25, 0.3) is 0 Å². The predicted molar refractivity (Wildman–Crippen MR) is 124 cm³/mol. The van der Waals surface area contributed by atoms with E-state index in [9.17, 15) is 26.4 Å². The van der Waals surface area contributed by atoms with E-state index in [-0.39, 0.29) is 23.1 Å². The van der Waals surface area contributed by atoms with Gasteiger partial charge in [0.1, 0.15) is 5.75 Å². The third kappa shape index (κ3) is 8.27. The third-order valence-corrected chi connectivity index (χ3v) is 8.08. The van der Waals surface area contributed by atoms with Crippen LogP contribution in [0, 0.1) is 5.92 Å². The smallest absolute Gasteiger partial charge is 0.490 e. The van der Waals surface area contributed by atoms with Crippen LogP contribution in [-0.4, -0.2) is 91.8 Å². The van der Waals surface area contributed by atoms with Gasteiger partial charge >= 0.3 is 18.2 Å². The fourth-order valence-electron chi connectivity index (χ4n) is 4.26. The Morgan fingerprint density at radius 3 is 2.40 bits per heavy atom. The van der Waals surface area contributed by atoms with E-state index in [4.69, 9.17) is 14.6 Å². The molecule has 0 aromatic heterocycles. The van der Waals surface area contributed by atoms with E-state index in [1.54, 1.807) is 18.1 Å². The molecule has 2 amide bonds. The summed E-state index contributed by atoms with van der Waals surface area (Å²) >= 11 is 0. The second-order valence-corrected chi connectivity index (χ2v) is 11.2. The minimum atomic E-state index is -5.08. The first-order chi connectivity index (χ1) is 16.2. The summed E-state index contributed by atoms with van der Waals surface area (Å²) in [6.07, 6.45) is -3.91. The standard InChI is InChI=1S/C20H31N3O4S.C2HF3O2/c1-15(2)14-23-11-12-28(25,26)19-8-10-22(9-7-18(19)23)20(24)21-16-5-4-6-17(13-16)27-3;3-2(4,5)1(6)7/h4-6,13,15,18-19H,7-12,14H2,1-3H3,(H,21,24);(H,6,7)/t18-,19+;/m0./s1. The number of alkyl halides is 3. The molecule has 2 fully saturated rings. The number of hydrogen-bond donors (Lipinski definition) is 2. The highest BCUT2D eigenvalue weighted by Crippen LogP contribution is 2.29. The molecule has 1 aromatic rings. The normalized spacial score (nSPS) is 22.3. The Kier molecular flexibility index (Phi) is 9.78. The Hall–Kier alpha value is -2.54. The van der Waals surface area contributed by atoms with E-state index < -0.39 is 22.0 Å². The van der Waals surface area contributed by atoms with Crippen molar-refractivity contribution in [1.29, 1.82) is 0 Å². The van der Waals surface area contributed by atoms with Crippen LogP contribution < -0.4 is 10.1 Å². The van der Waals surface area contributed by atoms with Gasteiger partial charge in [-0.05, 0) is 30.9 Å². The SMILES string of the molecule is COc1cccc(NC(=O)N2CC[C@@H]3[C@H](CC2)N(CC(C)C)CCS3(=O)=O)c1.O=C(O)C(F)(F)F. The van der Waals surface area contributed by atoms with E-state index in [1.807, 2.05) is 18.2 Å². The number of sulfone groups is 1. The average Bonchev–Trinajstić information content (AvgIpc) is 3.00. The average molecular weight is 524 g/mol. The van der Waals surface area contributed by atoms with Crippen LogP contribution >= 0.6 is 0 Å². The molecule has 1 aromatic carbocycles. The lowest BCUT2D eigenvalue weighted by Crippen LogP contribution is -2.55. The molecule has 198 valence electrons. The molecule has 9 nitrogen and oxygen atoms in total. The molecule has 0 spiro atoms. The quantitative estimate of drug-likeness (QED) is 0.623. The molecule has 0 radical (unpaired) electrons.